The molecule has 0 saturated heterocycles. The highest BCUT2D eigenvalue weighted by Crippen LogP contribution is 2.19. The van der Waals surface area contributed by atoms with Gasteiger partial charge in [-0.15, -0.1) is 0 Å². The van der Waals surface area contributed by atoms with Crippen LogP contribution < -0.4 is 10.5 Å². The van der Waals surface area contributed by atoms with Gasteiger partial charge in [-0.05, 0) is 19.2 Å². The smallest absolute Gasteiger partial charge is 0.390 e. The molecule has 0 bridgehead atoms. The molecule has 3 N–H and O–H groups in total. The highest BCUT2D eigenvalue weighted by Gasteiger charge is 2.27. The van der Waals surface area contributed by atoms with Gasteiger partial charge in [-0.2, -0.15) is 13.2 Å². The first-order valence-corrected chi connectivity index (χ1v) is 6.18. The van der Waals surface area contributed by atoms with Gasteiger partial charge in [-0.1, -0.05) is 6.07 Å². The summed E-state index contributed by atoms with van der Waals surface area (Å²) in [5.41, 5.74) is 6.11. The van der Waals surface area contributed by atoms with Crippen LogP contribution in [-0.4, -0.2) is 49.0 Å². The SMILES string of the molecule is CN(CCC(F)(F)F)CC(O)COc1cccc(N)c1. The first-order chi connectivity index (χ1) is 9.26. The van der Waals surface area contributed by atoms with Crippen LogP contribution in [0.3, 0.4) is 0 Å². The summed E-state index contributed by atoms with van der Waals surface area (Å²) in [7, 11) is 1.52. The molecular weight excluding hydrogens is 273 g/mol. The fourth-order valence-corrected chi connectivity index (χ4v) is 1.62. The standard InChI is InChI=1S/C13H19F3N2O2/c1-18(6-5-13(14,15)16)8-11(19)9-20-12-4-2-3-10(17)7-12/h2-4,7,11,19H,5-6,8-9,17H2,1H3. The van der Waals surface area contributed by atoms with Crippen LogP contribution in [0.15, 0.2) is 24.3 Å². The number of likely N-dealkylation sites (N-methyl/N-ethyl adjacent to an activating group) is 1. The fourth-order valence-electron chi connectivity index (χ4n) is 1.62. The Labute approximate surface area is 115 Å². The van der Waals surface area contributed by atoms with Crippen molar-refractivity contribution in [2.45, 2.75) is 18.7 Å². The highest BCUT2D eigenvalue weighted by molar-refractivity contribution is 5.43. The number of alkyl halides is 3. The molecule has 0 radical (unpaired) electrons. The van der Waals surface area contributed by atoms with Crippen LogP contribution in [0, 0.1) is 0 Å². The number of hydrogen-bond donors (Lipinski definition) is 2. The lowest BCUT2D eigenvalue weighted by atomic mass is 10.3. The summed E-state index contributed by atoms with van der Waals surface area (Å²) in [5, 5.41) is 9.70. The van der Waals surface area contributed by atoms with Crippen molar-refractivity contribution in [3.63, 3.8) is 0 Å². The van der Waals surface area contributed by atoms with Gasteiger partial charge >= 0.3 is 6.18 Å². The molecule has 20 heavy (non-hydrogen) atoms. The van der Waals surface area contributed by atoms with Crippen LogP contribution in [0.5, 0.6) is 5.75 Å². The molecule has 114 valence electrons. The number of benzene rings is 1. The van der Waals surface area contributed by atoms with Gasteiger partial charge in [-0.3, -0.25) is 0 Å². The molecule has 0 aromatic heterocycles. The number of anilines is 1. The molecular formula is C13H19F3N2O2. The average Bonchev–Trinajstić information content (AvgIpc) is 2.33. The lowest BCUT2D eigenvalue weighted by molar-refractivity contribution is -0.138. The number of nitrogen functional groups attached to an aromatic ring is 1. The molecule has 1 rings (SSSR count). The van der Waals surface area contributed by atoms with Crippen molar-refractivity contribution >= 4 is 5.69 Å². The van der Waals surface area contributed by atoms with E-state index in [0.29, 0.717) is 11.4 Å². The number of hydrogen-bond acceptors (Lipinski definition) is 4. The van der Waals surface area contributed by atoms with Crippen LogP contribution in [0.25, 0.3) is 0 Å². The second kappa shape index (κ2) is 7.35. The van der Waals surface area contributed by atoms with Crippen LogP contribution in [0.4, 0.5) is 18.9 Å². The van der Waals surface area contributed by atoms with Gasteiger partial charge in [0, 0.05) is 24.8 Å². The molecule has 4 nitrogen and oxygen atoms in total. The van der Waals surface area contributed by atoms with E-state index in [1.165, 1.54) is 11.9 Å². The molecule has 7 heteroatoms. The number of ether oxygens (including phenoxy) is 1. The highest BCUT2D eigenvalue weighted by atomic mass is 19.4. The summed E-state index contributed by atoms with van der Waals surface area (Å²) >= 11 is 0. The minimum atomic E-state index is -4.18. The van der Waals surface area contributed by atoms with Crippen LogP contribution in [-0.2, 0) is 0 Å². The van der Waals surface area contributed by atoms with Gasteiger partial charge < -0.3 is 20.5 Å². The van der Waals surface area contributed by atoms with E-state index in [-0.39, 0.29) is 19.7 Å². The van der Waals surface area contributed by atoms with Crippen LogP contribution in [0.1, 0.15) is 6.42 Å². The molecule has 0 amide bonds. The minimum absolute atomic E-state index is 0.000187. The van der Waals surface area contributed by atoms with Crippen molar-refractivity contribution < 1.29 is 23.0 Å². The largest absolute Gasteiger partial charge is 0.491 e. The Morgan fingerprint density at radius 3 is 2.70 bits per heavy atom. The summed E-state index contributed by atoms with van der Waals surface area (Å²) in [4.78, 5) is 1.42. The minimum Gasteiger partial charge on any atom is -0.491 e. The van der Waals surface area contributed by atoms with Gasteiger partial charge in [-0.25, -0.2) is 0 Å². The molecule has 1 unspecified atom stereocenters. The van der Waals surface area contributed by atoms with Crippen molar-refractivity contribution in [2.24, 2.45) is 0 Å². The normalized spacial score (nSPS) is 13.5. The van der Waals surface area contributed by atoms with Crippen molar-refractivity contribution in [2.75, 3.05) is 32.5 Å². The zero-order valence-electron chi connectivity index (χ0n) is 11.2. The number of aliphatic hydroxyl groups is 1. The van der Waals surface area contributed by atoms with E-state index in [0.717, 1.165) is 0 Å². The first kappa shape index (κ1) is 16.6. The molecule has 1 atom stereocenters. The maximum Gasteiger partial charge on any atom is 0.390 e. The van der Waals surface area contributed by atoms with E-state index in [2.05, 4.69) is 0 Å². The molecule has 0 fully saturated rings. The molecule has 0 aliphatic carbocycles. The number of halogens is 3. The lowest BCUT2D eigenvalue weighted by Gasteiger charge is -2.21. The Kier molecular flexibility index (Phi) is 6.09. The van der Waals surface area contributed by atoms with Gasteiger partial charge in [0.05, 0.1) is 6.42 Å². The van der Waals surface area contributed by atoms with E-state index in [9.17, 15) is 18.3 Å². The third-order valence-electron chi connectivity index (χ3n) is 2.60. The quantitative estimate of drug-likeness (QED) is 0.754. The number of aliphatic hydroxyl groups excluding tert-OH is 1. The van der Waals surface area contributed by atoms with Gasteiger partial charge in [0.15, 0.2) is 0 Å². The van der Waals surface area contributed by atoms with E-state index < -0.39 is 18.7 Å². The Bertz CT molecular complexity index is 413. The maximum atomic E-state index is 12.0. The Hall–Kier alpha value is -1.47. The topological polar surface area (TPSA) is 58.7 Å². The fraction of sp³-hybridized carbons (Fsp3) is 0.538. The zero-order valence-corrected chi connectivity index (χ0v) is 11.2. The summed E-state index contributed by atoms with van der Waals surface area (Å²) < 4.78 is 41.4. The Balaban J connectivity index is 2.27. The second-order valence-corrected chi connectivity index (χ2v) is 4.66. The maximum absolute atomic E-state index is 12.0. The summed E-state index contributed by atoms with van der Waals surface area (Å²) in [5.74, 6) is 0.516. The lowest BCUT2D eigenvalue weighted by Crippen LogP contribution is -2.35. The monoisotopic (exact) mass is 292 g/mol. The number of nitrogens with two attached hydrogens (primary N) is 1. The molecule has 1 aromatic carbocycles. The van der Waals surface area contributed by atoms with Crippen LogP contribution in [0.2, 0.25) is 0 Å². The predicted molar refractivity (Wildman–Crippen MR) is 70.5 cm³/mol. The summed E-state index contributed by atoms with van der Waals surface area (Å²) in [6.07, 6.45) is -5.95. The zero-order chi connectivity index (χ0) is 15.2. The van der Waals surface area contributed by atoms with E-state index in [4.69, 9.17) is 10.5 Å². The molecule has 0 heterocycles. The first-order valence-electron chi connectivity index (χ1n) is 6.18. The van der Waals surface area contributed by atoms with Crippen molar-refractivity contribution in [1.29, 1.82) is 0 Å². The van der Waals surface area contributed by atoms with E-state index in [1.807, 2.05) is 0 Å². The predicted octanol–water partition coefficient (Wildman–Crippen LogP) is 1.89. The molecule has 1 aromatic rings. The van der Waals surface area contributed by atoms with Gasteiger partial charge in [0.25, 0.3) is 0 Å². The molecule has 0 aliphatic rings. The van der Waals surface area contributed by atoms with Crippen molar-refractivity contribution in [3.05, 3.63) is 24.3 Å². The molecule has 0 saturated carbocycles. The van der Waals surface area contributed by atoms with E-state index >= 15 is 0 Å². The van der Waals surface area contributed by atoms with Crippen molar-refractivity contribution in [3.8, 4) is 5.75 Å². The number of rotatable bonds is 7. The van der Waals surface area contributed by atoms with E-state index in [1.54, 1.807) is 24.3 Å². The molecule has 0 aliphatic heterocycles. The number of nitrogens with zero attached hydrogens (tertiary/aromatic N) is 1. The van der Waals surface area contributed by atoms with Gasteiger partial charge in [0.2, 0.25) is 0 Å². The third kappa shape index (κ3) is 7.20. The van der Waals surface area contributed by atoms with Crippen molar-refractivity contribution in [1.82, 2.24) is 4.90 Å². The second-order valence-electron chi connectivity index (χ2n) is 4.66. The molecule has 0 spiro atoms. The van der Waals surface area contributed by atoms with Gasteiger partial charge in [0.1, 0.15) is 18.5 Å². The van der Waals surface area contributed by atoms with Crippen LogP contribution >= 0.6 is 0 Å². The third-order valence-corrected chi connectivity index (χ3v) is 2.60. The summed E-state index contributed by atoms with van der Waals surface area (Å²) in [6, 6.07) is 6.72. The Morgan fingerprint density at radius 1 is 1.40 bits per heavy atom. The summed E-state index contributed by atoms with van der Waals surface area (Å²) in [6.45, 7) is -0.0446. The average molecular weight is 292 g/mol. The Morgan fingerprint density at radius 2 is 2.10 bits per heavy atom.